The number of hydrogen-bond donors (Lipinski definition) is 3. The van der Waals surface area contributed by atoms with Crippen LogP contribution in [0.2, 0.25) is 0 Å². The summed E-state index contributed by atoms with van der Waals surface area (Å²) in [6.07, 6.45) is 46.0. The Bertz CT molecular complexity index is 1370. The lowest BCUT2D eigenvalue weighted by Gasteiger charge is -2.38. The minimum atomic E-state index is -1.16. The van der Waals surface area contributed by atoms with E-state index >= 15 is 0 Å². The largest absolute Gasteiger partial charge is 0.478 e. The van der Waals surface area contributed by atoms with E-state index in [1.807, 2.05) is 13.8 Å². The van der Waals surface area contributed by atoms with Gasteiger partial charge in [-0.2, -0.15) is 0 Å². The van der Waals surface area contributed by atoms with Crippen molar-refractivity contribution in [2.75, 3.05) is 13.2 Å². The number of hydrogen-bond acceptors (Lipinski definition) is 8. The molecule has 0 radical (unpaired) electrons. The Labute approximate surface area is 408 Å². The molecule has 0 saturated heterocycles. The number of esters is 2. The Hall–Kier alpha value is -3.47. The van der Waals surface area contributed by atoms with E-state index in [9.17, 15) is 29.1 Å². The number of unbranched alkanes of at least 4 members (excludes halogenated alkanes) is 30. The molecular weight excluding hydrogens is 845 g/mol. The van der Waals surface area contributed by atoms with Gasteiger partial charge in [-0.25, -0.2) is 14.4 Å². The molecule has 1 aliphatic carbocycles. The molecule has 0 spiro atoms. The SMILES string of the molecule is CCCCCCCCCCCCCCCCCCOC(=O)/C=C/C(=O)N[C@@H]1[C@@H](NC(=O)/C=C/C(=O)OCCCCCCCCCCCCCCCCCC)CC(C(=O)O)=C[C@H]1OC(CC)CC. The Kier molecular flexibility index (Phi) is 40.2. The average Bonchev–Trinajstić information content (AvgIpc) is 3.32. The lowest BCUT2D eigenvalue weighted by Crippen LogP contribution is -2.59. The van der Waals surface area contributed by atoms with Crippen LogP contribution in [0.4, 0.5) is 0 Å². The third-order valence-corrected chi connectivity index (χ3v) is 13.0. The number of ether oxygens (including phenoxy) is 3. The van der Waals surface area contributed by atoms with Crippen LogP contribution in [0.15, 0.2) is 36.0 Å². The first-order valence-corrected chi connectivity index (χ1v) is 27.5. The van der Waals surface area contributed by atoms with Crippen LogP contribution in [0.3, 0.4) is 0 Å². The molecular formula is C56H98N2O9. The first-order chi connectivity index (χ1) is 32.6. The molecule has 0 bridgehead atoms. The molecule has 67 heavy (non-hydrogen) atoms. The van der Waals surface area contributed by atoms with E-state index < -0.39 is 47.9 Å². The Morgan fingerprint density at radius 2 is 0.836 bits per heavy atom. The van der Waals surface area contributed by atoms with Crippen molar-refractivity contribution in [1.29, 1.82) is 0 Å². The standard InChI is InChI=1S/C56H98N2O9/c1-5-9-11-13-15-17-19-21-23-25-27-29-31-33-35-37-43-65-53(61)41-39-51(59)57-49-45-47(56(63)64)46-50(67-48(7-3)8-4)55(49)58-52(60)40-42-54(62)66-44-38-36-34-32-30-28-26-24-22-20-18-16-14-12-10-6-2/h39-42,46,48-50,55H,5-38,43-45H2,1-4H3,(H,57,59)(H,58,60)(H,63,64)/b41-39+,42-40+/t49-,50+,55+/m0/s1. The molecule has 0 heterocycles. The van der Waals surface area contributed by atoms with Gasteiger partial charge in [0.2, 0.25) is 11.8 Å². The van der Waals surface area contributed by atoms with Crippen molar-refractivity contribution < 1.29 is 43.3 Å². The fourth-order valence-corrected chi connectivity index (χ4v) is 8.74. The molecule has 1 rings (SSSR count). The maximum atomic E-state index is 13.2. The molecule has 0 aromatic heterocycles. The lowest BCUT2D eigenvalue weighted by atomic mass is 9.87. The summed E-state index contributed by atoms with van der Waals surface area (Å²) in [5, 5.41) is 15.5. The van der Waals surface area contributed by atoms with Gasteiger partial charge in [-0.1, -0.05) is 220 Å². The van der Waals surface area contributed by atoms with Gasteiger partial charge in [-0.15, -0.1) is 0 Å². The number of carboxylic acid groups (broad SMARTS) is 1. The zero-order chi connectivity index (χ0) is 49.0. The van der Waals surface area contributed by atoms with Crippen LogP contribution in [0.5, 0.6) is 0 Å². The van der Waals surface area contributed by atoms with E-state index in [-0.39, 0.29) is 31.3 Å². The van der Waals surface area contributed by atoms with Gasteiger partial charge >= 0.3 is 17.9 Å². The van der Waals surface area contributed by atoms with E-state index in [0.717, 1.165) is 62.8 Å². The normalized spacial score (nSPS) is 16.1. The number of carbonyl (C=O) groups excluding carboxylic acids is 4. The highest BCUT2D eigenvalue weighted by atomic mass is 16.5. The van der Waals surface area contributed by atoms with E-state index in [1.165, 1.54) is 173 Å². The van der Waals surface area contributed by atoms with Crippen molar-refractivity contribution in [2.45, 2.75) is 277 Å². The highest BCUT2D eigenvalue weighted by Crippen LogP contribution is 2.25. The molecule has 0 unspecified atom stereocenters. The third kappa shape index (κ3) is 35.3. The topological polar surface area (TPSA) is 157 Å². The van der Waals surface area contributed by atoms with Crippen LogP contribution in [0.25, 0.3) is 0 Å². The summed E-state index contributed by atoms with van der Waals surface area (Å²) in [5.41, 5.74) is 0.0298. The van der Waals surface area contributed by atoms with Crippen LogP contribution < -0.4 is 10.6 Å². The number of aliphatic carboxylic acids is 1. The first kappa shape index (κ1) is 61.5. The quantitative estimate of drug-likeness (QED) is 0.0307. The van der Waals surface area contributed by atoms with Crippen LogP contribution >= 0.6 is 0 Å². The molecule has 0 saturated carbocycles. The predicted molar refractivity (Wildman–Crippen MR) is 273 cm³/mol. The second-order valence-electron chi connectivity index (χ2n) is 19.0. The number of rotatable bonds is 45. The number of nitrogens with one attached hydrogen (secondary N) is 2. The zero-order valence-electron chi connectivity index (χ0n) is 43.1. The van der Waals surface area contributed by atoms with E-state index in [1.54, 1.807) is 0 Å². The third-order valence-electron chi connectivity index (χ3n) is 13.0. The molecule has 3 N–H and O–H groups in total. The van der Waals surface area contributed by atoms with Gasteiger partial charge in [0, 0.05) is 36.3 Å². The molecule has 386 valence electrons. The fraction of sp³-hybridized carbons (Fsp3) is 0.804. The van der Waals surface area contributed by atoms with E-state index in [4.69, 9.17) is 14.2 Å². The summed E-state index contributed by atoms with van der Waals surface area (Å²) in [6, 6.07) is -1.77. The summed E-state index contributed by atoms with van der Waals surface area (Å²) in [6.45, 7) is 8.95. The second-order valence-corrected chi connectivity index (χ2v) is 19.0. The minimum absolute atomic E-state index is 0.0298. The second kappa shape index (κ2) is 43.8. The molecule has 1 aliphatic rings. The van der Waals surface area contributed by atoms with Gasteiger partial charge in [0.05, 0.1) is 37.5 Å². The summed E-state index contributed by atoms with van der Waals surface area (Å²) < 4.78 is 16.9. The molecule has 2 amide bonds. The van der Waals surface area contributed by atoms with Gasteiger partial charge < -0.3 is 30.0 Å². The molecule has 0 aromatic rings. The molecule has 11 heteroatoms. The van der Waals surface area contributed by atoms with Crippen molar-refractivity contribution in [3.05, 3.63) is 36.0 Å². The maximum Gasteiger partial charge on any atom is 0.331 e. The molecule has 0 aromatic carbocycles. The molecule has 0 fully saturated rings. The van der Waals surface area contributed by atoms with Gasteiger partial charge in [-0.3, -0.25) is 9.59 Å². The average molecular weight is 943 g/mol. The van der Waals surface area contributed by atoms with Crippen molar-refractivity contribution in [3.8, 4) is 0 Å². The Morgan fingerprint density at radius 1 is 0.507 bits per heavy atom. The van der Waals surface area contributed by atoms with Crippen LogP contribution in [0.1, 0.15) is 252 Å². The van der Waals surface area contributed by atoms with Gasteiger partial charge in [-0.05, 0) is 31.8 Å². The minimum Gasteiger partial charge on any atom is -0.478 e. The molecule has 0 aliphatic heterocycles. The molecule has 3 atom stereocenters. The fourth-order valence-electron chi connectivity index (χ4n) is 8.74. The van der Waals surface area contributed by atoms with E-state index in [2.05, 4.69) is 24.5 Å². The van der Waals surface area contributed by atoms with Crippen LogP contribution in [0, 0.1) is 0 Å². The van der Waals surface area contributed by atoms with Gasteiger partial charge in [0.1, 0.15) is 0 Å². The van der Waals surface area contributed by atoms with Gasteiger partial charge in [0.25, 0.3) is 0 Å². The summed E-state index contributed by atoms with van der Waals surface area (Å²) in [4.78, 5) is 63.4. The first-order valence-electron chi connectivity index (χ1n) is 27.5. The van der Waals surface area contributed by atoms with Crippen molar-refractivity contribution in [2.24, 2.45) is 0 Å². The maximum absolute atomic E-state index is 13.2. The van der Waals surface area contributed by atoms with Crippen LogP contribution in [-0.4, -0.2) is 72.3 Å². The lowest BCUT2D eigenvalue weighted by molar-refractivity contribution is -0.138. The zero-order valence-corrected chi connectivity index (χ0v) is 43.1. The van der Waals surface area contributed by atoms with E-state index in [0.29, 0.717) is 12.8 Å². The summed E-state index contributed by atoms with van der Waals surface area (Å²) in [5.74, 6) is -3.71. The smallest absolute Gasteiger partial charge is 0.331 e. The van der Waals surface area contributed by atoms with Gasteiger partial charge in [0.15, 0.2) is 0 Å². The van der Waals surface area contributed by atoms with Crippen molar-refractivity contribution >= 4 is 29.7 Å². The summed E-state index contributed by atoms with van der Waals surface area (Å²) in [7, 11) is 0. The Balaban J connectivity index is 2.48. The van der Waals surface area contributed by atoms with Crippen LogP contribution in [-0.2, 0) is 38.2 Å². The van der Waals surface area contributed by atoms with Crippen molar-refractivity contribution in [1.82, 2.24) is 10.6 Å². The molecule has 11 nitrogen and oxygen atoms in total. The highest BCUT2D eigenvalue weighted by Gasteiger charge is 2.38. The summed E-state index contributed by atoms with van der Waals surface area (Å²) >= 11 is 0. The number of carbonyl (C=O) groups is 5. The number of amides is 2. The Morgan fingerprint density at radius 3 is 1.16 bits per heavy atom. The van der Waals surface area contributed by atoms with Crippen molar-refractivity contribution in [3.63, 3.8) is 0 Å². The highest BCUT2D eigenvalue weighted by molar-refractivity contribution is 5.96. The monoisotopic (exact) mass is 943 g/mol. The predicted octanol–water partition coefficient (Wildman–Crippen LogP) is 13.7. The number of carboxylic acids is 1.